The average molecular weight is 415 g/mol. The van der Waals surface area contributed by atoms with E-state index in [1.165, 1.54) is 4.52 Å². The van der Waals surface area contributed by atoms with E-state index in [2.05, 4.69) is 42.9 Å². The third kappa shape index (κ3) is 3.05. The molecule has 0 aliphatic rings. The lowest BCUT2D eigenvalue weighted by Gasteiger charge is -2.06. The number of hydrogen-bond acceptors (Lipinski definition) is 4. The Kier molecular flexibility index (Phi) is 4.58. The van der Waals surface area contributed by atoms with Crippen molar-refractivity contribution in [1.29, 1.82) is 0 Å². The molecule has 0 saturated carbocycles. The lowest BCUT2D eigenvalue weighted by Crippen LogP contribution is -2.28. The second-order valence-electron chi connectivity index (χ2n) is 6.29. The topological polar surface area (TPSA) is 80.9 Å². The van der Waals surface area contributed by atoms with E-state index in [0.29, 0.717) is 34.8 Å². The number of rotatable bonds is 6. The lowest BCUT2D eigenvalue weighted by atomic mass is 10.1. The molecule has 0 atom stereocenters. The SMILES string of the molecule is CCCCCn1c(=O)n2nc(Cc3ccccc3)nc2c2[nH]c(Br)nc21. The Hall–Kier alpha value is -2.48. The minimum absolute atomic E-state index is 0.200. The van der Waals surface area contributed by atoms with Gasteiger partial charge in [0.25, 0.3) is 0 Å². The van der Waals surface area contributed by atoms with Crippen LogP contribution in [0.1, 0.15) is 37.6 Å². The van der Waals surface area contributed by atoms with Crippen LogP contribution >= 0.6 is 15.9 Å². The van der Waals surface area contributed by atoms with Crippen LogP contribution in [0.4, 0.5) is 0 Å². The van der Waals surface area contributed by atoms with Crippen LogP contribution in [-0.2, 0) is 13.0 Å². The molecular weight excluding hydrogens is 396 g/mol. The number of imidazole rings is 1. The van der Waals surface area contributed by atoms with Gasteiger partial charge in [-0.2, -0.15) is 4.52 Å². The average Bonchev–Trinajstić information content (AvgIpc) is 3.22. The van der Waals surface area contributed by atoms with E-state index in [0.717, 1.165) is 30.3 Å². The van der Waals surface area contributed by atoms with Gasteiger partial charge in [-0.3, -0.25) is 4.57 Å². The quantitative estimate of drug-likeness (QED) is 0.387. The summed E-state index contributed by atoms with van der Waals surface area (Å²) in [5.74, 6) is 0.617. The molecule has 1 aromatic carbocycles. The van der Waals surface area contributed by atoms with E-state index < -0.39 is 0 Å². The van der Waals surface area contributed by atoms with Gasteiger partial charge in [0.2, 0.25) is 0 Å². The van der Waals surface area contributed by atoms with Crippen molar-refractivity contribution in [3.05, 3.63) is 56.9 Å². The zero-order chi connectivity index (χ0) is 18.1. The number of unbranched alkanes of at least 4 members (excludes halogenated alkanes) is 2. The van der Waals surface area contributed by atoms with Crippen LogP contribution in [0.5, 0.6) is 0 Å². The number of benzene rings is 1. The van der Waals surface area contributed by atoms with Gasteiger partial charge >= 0.3 is 5.69 Å². The Morgan fingerprint density at radius 1 is 1.12 bits per heavy atom. The Morgan fingerprint density at radius 3 is 2.69 bits per heavy atom. The largest absolute Gasteiger partial charge is 0.352 e. The van der Waals surface area contributed by atoms with Crippen LogP contribution in [-0.4, -0.2) is 29.1 Å². The highest BCUT2D eigenvalue weighted by Gasteiger charge is 2.18. The Balaban J connectivity index is 1.84. The molecule has 0 amide bonds. The van der Waals surface area contributed by atoms with Gasteiger partial charge < -0.3 is 4.98 Å². The van der Waals surface area contributed by atoms with Crippen LogP contribution < -0.4 is 5.69 Å². The molecular formula is C18H19BrN6O. The monoisotopic (exact) mass is 414 g/mol. The molecule has 0 bridgehead atoms. The molecule has 8 heteroatoms. The summed E-state index contributed by atoms with van der Waals surface area (Å²) in [5, 5.41) is 4.46. The molecule has 3 aromatic heterocycles. The Bertz CT molecular complexity index is 1110. The van der Waals surface area contributed by atoms with Gasteiger partial charge in [-0.25, -0.2) is 14.8 Å². The first-order chi connectivity index (χ1) is 12.7. The lowest BCUT2D eigenvalue weighted by molar-refractivity contribution is 0.578. The summed E-state index contributed by atoms with van der Waals surface area (Å²) in [6, 6.07) is 9.99. The molecule has 0 spiro atoms. The molecule has 26 heavy (non-hydrogen) atoms. The van der Waals surface area contributed by atoms with Crippen LogP contribution in [0.3, 0.4) is 0 Å². The summed E-state index contributed by atoms with van der Waals surface area (Å²) < 4.78 is 3.65. The first-order valence-electron chi connectivity index (χ1n) is 8.75. The molecule has 0 unspecified atom stereocenters. The first-order valence-corrected chi connectivity index (χ1v) is 9.54. The molecule has 134 valence electrons. The number of nitrogens with one attached hydrogen (secondary N) is 1. The zero-order valence-corrected chi connectivity index (χ0v) is 16.0. The predicted octanol–water partition coefficient (Wildman–Crippen LogP) is 3.31. The summed E-state index contributed by atoms with van der Waals surface area (Å²) in [5.41, 5.74) is 2.76. The normalized spacial score (nSPS) is 11.6. The van der Waals surface area contributed by atoms with Gasteiger partial charge in [-0.05, 0) is 27.9 Å². The van der Waals surface area contributed by atoms with Gasteiger partial charge in [0, 0.05) is 13.0 Å². The van der Waals surface area contributed by atoms with Crippen LogP contribution in [0.25, 0.3) is 16.8 Å². The number of aromatic nitrogens is 6. The minimum atomic E-state index is -0.200. The number of aromatic amines is 1. The highest BCUT2D eigenvalue weighted by atomic mass is 79.9. The van der Waals surface area contributed by atoms with Gasteiger partial charge in [0.15, 0.2) is 21.9 Å². The maximum atomic E-state index is 13.0. The fraction of sp³-hybridized carbons (Fsp3) is 0.333. The fourth-order valence-corrected chi connectivity index (χ4v) is 3.48. The maximum absolute atomic E-state index is 13.0. The highest BCUT2D eigenvalue weighted by molar-refractivity contribution is 9.10. The van der Waals surface area contributed by atoms with E-state index >= 15 is 0 Å². The second-order valence-corrected chi connectivity index (χ2v) is 7.04. The van der Waals surface area contributed by atoms with Gasteiger partial charge in [-0.15, -0.1) is 5.10 Å². The molecule has 1 N–H and O–H groups in total. The second kappa shape index (κ2) is 7.03. The first kappa shape index (κ1) is 17.0. The van der Waals surface area contributed by atoms with Crippen LogP contribution in [0.15, 0.2) is 39.9 Å². The summed E-state index contributed by atoms with van der Waals surface area (Å²) >= 11 is 3.37. The van der Waals surface area contributed by atoms with Gasteiger partial charge in [0.1, 0.15) is 5.52 Å². The van der Waals surface area contributed by atoms with Crippen molar-refractivity contribution < 1.29 is 0 Å². The van der Waals surface area contributed by atoms with E-state index in [-0.39, 0.29) is 5.69 Å². The smallest absolute Gasteiger partial charge is 0.328 e. The predicted molar refractivity (Wildman–Crippen MR) is 103 cm³/mol. The zero-order valence-electron chi connectivity index (χ0n) is 14.4. The van der Waals surface area contributed by atoms with Crippen molar-refractivity contribution in [3.8, 4) is 0 Å². The standard InChI is InChI=1S/C18H19BrN6O/c1-2-3-7-10-24-15-14(21-17(19)22-15)16-20-13(23-25(16)18(24)26)11-12-8-5-4-6-9-12/h4-6,8-9H,2-3,7,10-11H2,1H3,(H,21,22). The van der Waals surface area contributed by atoms with Crippen molar-refractivity contribution in [1.82, 2.24) is 29.1 Å². The summed E-state index contributed by atoms with van der Waals surface area (Å²) in [6.07, 6.45) is 3.66. The van der Waals surface area contributed by atoms with E-state index in [9.17, 15) is 4.79 Å². The molecule has 3 heterocycles. The highest BCUT2D eigenvalue weighted by Crippen LogP contribution is 2.19. The number of halogens is 1. The Morgan fingerprint density at radius 2 is 1.92 bits per heavy atom. The molecule has 4 rings (SSSR count). The van der Waals surface area contributed by atoms with Crippen LogP contribution in [0.2, 0.25) is 0 Å². The summed E-state index contributed by atoms with van der Waals surface area (Å²) in [6.45, 7) is 2.75. The van der Waals surface area contributed by atoms with Crippen LogP contribution in [0, 0.1) is 0 Å². The van der Waals surface area contributed by atoms with Crippen molar-refractivity contribution in [2.75, 3.05) is 0 Å². The molecule has 0 fully saturated rings. The number of aryl methyl sites for hydroxylation is 1. The van der Waals surface area contributed by atoms with E-state index in [1.54, 1.807) is 4.57 Å². The van der Waals surface area contributed by atoms with Crippen molar-refractivity contribution in [3.63, 3.8) is 0 Å². The van der Waals surface area contributed by atoms with E-state index in [1.807, 2.05) is 30.3 Å². The maximum Gasteiger partial charge on any atom is 0.352 e. The molecule has 4 aromatic rings. The molecule has 0 radical (unpaired) electrons. The van der Waals surface area contributed by atoms with Gasteiger partial charge in [-0.1, -0.05) is 50.1 Å². The molecule has 7 nitrogen and oxygen atoms in total. The van der Waals surface area contributed by atoms with E-state index in [4.69, 9.17) is 0 Å². The number of fused-ring (bicyclic) bond motifs is 3. The number of hydrogen-bond donors (Lipinski definition) is 1. The summed E-state index contributed by atoms with van der Waals surface area (Å²) in [4.78, 5) is 25.2. The number of H-pyrrole nitrogens is 1. The Labute approximate surface area is 158 Å². The fourth-order valence-electron chi connectivity index (χ4n) is 3.12. The molecule has 0 aliphatic heterocycles. The summed E-state index contributed by atoms with van der Waals surface area (Å²) in [7, 11) is 0. The molecule has 0 aliphatic carbocycles. The molecule has 0 saturated heterocycles. The number of nitrogens with zero attached hydrogens (tertiary/aromatic N) is 5. The minimum Gasteiger partial charge on any atom is -0.328 e. The third-order valence-corrected chi connectivity index (χ3v) is 4.76. The van der Waals surface area contributed by atoms with Gasteiger partial charge in [0.05, 0.1) is 0 Å². The third-order valence-electron chi connectivity index (χ3n) is 4.39. The van der Waals surface area contributed by atoms with Crippen molar-refractivity contribution in [2.24, 2.45) is 0 Å². The van der Waals surface area contributed by atoms with Crippen molar-refractivity contribution >= 4 is 32.7 Å². The van der Waals surface area contributed by atoms with Crippen molar-refractivity contribution in [2.45, 2.75) is 39.2 Å².